The first-order valence-electron chi connectivity index (χ1n) is 13.8. The quantitative estimate of drug-likeness (QED) is 0.0474. The number of ketones is 1. The summed E-state index contributed by atoms with van der Waals surface area (Å²) in [4.78, 5) is 48.8. The number of halogens is 1. The van der Waals surface area contributed by atoms with E-state index in [2.05, 4.69) is 25.6 Å². The molecule has 7 N–H and O–H groups in total. The summed E-state index contributed by atoms with van der Waals surface area (Å²) in [5, 5.41) is 8.02. The van der Waals surface area contributed by atoms with Crippen LogP contribution in [0.25, 0.3) is 22.3 Å². The number of aromatic nitrogens is 4. The standard InChI is InChI=1S/C26H29FN10O4.C2H6/c1-2-41-25(40)19-12-18(33-34-19)21-22-20(17(27)14-31-21)16(13-30-22)23(38)24(39)35-8-10-36(11-9-35)26(32-28)37(29)15-6-4-3-5-7-15;1-2/h3-7,12-14,26,30,32H,2,8-11,28-29H2,1H3,(H,33,34);1-2H3. The number of benzene rings is 1. The lowest BCUT2D eigenvalue weighted by atomic mass is 10.1. The Morgan fingerprint density at radius 1 is 1.16 bits per heavy atom. The number of nitrogens with one attached hydrogen (secondary N) is 3. The van der Waals surface area contributed by atoms with E-state index in [-0.39, 0.29) is 53.2 Å². The summed E-state index contributed by atoms with van der Waals surface area (Å²) in [7, 11) is 0. The number of carbonyl (C=O) groups is 3. The minimum Gasteiger partial charge on any atom is -0.461 e. The molecular formula is C28H35FN10O4. The van der Waals surface area contributed by atoms with E-state index in [9.17, 15) is 18.8 Å². The van der Waals surface area contributed by atoms with E-state index in [0.717, 1.165) is 11.9 Å². The fourth-order valence-electron chi connectivity index (χ4n) is 4.77. The summed E-state index contributed by atoms with van der Waals surface area (Å²) < 4.78 is 19.9. The molecule has 14 nitrogen and oxygen atoms in total. The van der Waals surface area contributed by atoms with Gasteiger partial charge in [-0.1, -0.05) is 32.0 Å². The Morgan fingerprint density at radius 2 is 1.86 bits per heavy atom. The Hall–Kier alpha value is -4.70. The number of esters is 1. The summed E-state index contributed by atoms with van der Waals surface area (Å²) in [5.41, 5.74) is 3.97. The number of anilines is 1. The number of fused-ring (bicyclic) bond motifs is 1. The van der Waals surface area contributed by atoms with Crippen LogP contribution < -0.4 is 22.1 Å². The van der Waals surface area contributed by atoms with Crippen LogP contribution in [0.4, 0.5) is 10.1 Å². The van der Waals surface area contributed by atoms with Gasteiger partial charge >= 0.3 is 5.97 Å². The lowest BCUT2D eigenvalue weighted by Gasteiger charge is -2.42. The molecule has 1 unspecified atom stereocenters. The highest BCUT2D eigenvalue weighted by atomic mass is 19.1. The molecule has 0 spiro atoms. The molecule has 228 valence electrons. The summed E-state index contributed by atoms with van der Waals surface area (Å²) in [6.45, 7) is 7.08. The van der Waals surface area contributed by atoms with Crippen molar-refractivity contribution in [2.75, 3.05) is 37.8 Å². The van der Waals surface area contributed by atoms with Crippen molar-refractivity contribution in [1.29, 1.82) is 0 Å². The second kappa shape index (κ2) is 14.0. The highest BCUT2D eigenvalue weighted by Crippen LogP contribution is 2.30. The Kier molecular flexibility index (Phi) is 10.2. The van der Waals surface area contributed by atoms with Crippen molar-refractivity contribution in [2.45, 2.75) is 27.1 Å². The molecule has 1 amide bonds. The SMILES string of the molecule is CC.CCOC(=O)c1cc(-c2ncc(F)c3c(C(=O)C(=O)N4CCN(C(NN)N(N)c5ccccc5)CC4)c[nH]c23)n[nH]1. The molecule has 0 saturated carbocycles. The molecule has 1 aliphatic heterocycles. The summed E-state index contributed by atoms with van der Waals surface area (Å²) >= 11 is 0. The number of nitrogens with two attached hydrogens (primary N) is 2. The molecule has 15 heteroatoms. The number of hydrogen-bond acceptors (Lipinski definition) is 11. The first kappa shape index (κ1) is 31.2. The van der Waals surface area contributed by atoms with Crippen molar-refractivity contribution < 1.29 is 23.5 Å². The van der Waals surface area contributed by atoms with E-state index < -0.39 is 29.8 Å². The molecule has 1 saturated heterocycles. The van der Waals surface area contributed by atoms with E-state index in [0.29, 0.717) is 13.1 Å². The summed E-state index contributed by atoms with van der Waals surface area (Å²) in [6, 6.07) is 10.7. The van der Waals surface area contributed by atoms with Crippen molar-refractivity contribution >= 4 is 34.3 Å². The third-order valence-corrected chi connectivity index (χ3v) is 6.83. The van der Waals surface area contributed by atoms with Gasteiger partial charge in [0.15, 0.2) is 12.1 Å². The largest absolute Gasteiger partial charge is 0.461 e. The number of pyridine rings is 1. The van der Waals surface area contributed by atoms with Crippen molar-refractivity contribution in [3.63, 3.8) is 0 Å². The lowest BCUT2D eigenvalue weighted by molar-refractivity contribution is -0.128. The van der Waals surface area contributed by atoms with Crippen molar-refractivity contribution in [1.82, 2.24) is 35.4 Å². The van der Waals surface area contributed by atoms with Gasteiger partial charge in [0.2, 0.25) is 0 Å². The molecule has 0 bridgehead atoms. The molecule has 1 aromatic carbocycles. The summed E-state index contributed by atoms with van der Waals surface area (Å²) in [5.74, 6) is 9.03. The van der Waals surface area contributed by atoms with Gasteiger partial charge in [-0.2, -0.15) is 5.10 Å². The third-order valence-electron chi connectivity index (χ3n) is 6.83. The Bertz CT molecular complexity index is 1570. The van der Waals surface area contributed by atoms with Gasteiger partial charge in [-0.15, -0.1) is 0 Å². The van der Waals surface area contributed by atoms with Crippen molar-refractivity contribution in [2.24, 2.45) is 11.7 Å². The number of H-pyrrole nitrogens is 2. The summed E-state index contributed by atoms with van der Waals surface area (Å²) in [6.07, 6.45) is 1.66. The van der Waals surface area contributed by atoms with Crippen LogP contribution in [0.15, 0.2) is 48.8 Å². The van der Waals surface area contributed by atoms with Gasteiger partial charge in [0, 0.05) is 38.4 Å². The van der Waals surface area contributed by atoms with E-state index in [1.807, 2.05) is 49.1 Å². The Balaban J connectivity index is 0.00000207. The van der Waals surface area contributed by atoms with E-state index in [1.54, 1.807) is 6.92 Å². The van der Waals surface area contributed by atoms with Crippen LogP contribution in [-0.2, 0) is 9.53 Å². The molecule has 4 aromatic rings. The number of rotatable bonds is 9. The zero-order chi connectivity index (χ0) is 31.1. The van der Waals surface area contributed by atoms with E-state index >= 15 is 0 Å². The number of aromatic amines is 2. The average molecular weight is 595 g/mol. The van der Waals surface area contributed by atoms with Crippen LogP contribution in [0.1, 0.15) is 41.6 Å². The third kappa shape index (κ3) is 6.39. The predicted molar refractivity (Wildman–Crippen MR) is 158 cm³/mol. The van der Waals surface area contributed by atoms with Crippen LogP contribution >= 0.6 is 0 Å². The number of hydrogen-bond donors (Lipinski definition) is 5. The molecule has 3 aromatic heterocycles. The number of ether oxygens (including phenoxy) is 1. The van der Waals surface area contributed by atoms with Gasteiger partial charge in [0.1, 0.15) is 17.1 Å². The average Bonchev–Trinajstić information content (AvgIpc) is 3.72. The molecule has 0 radical (unpaired) electrons. The normalized spacial score (nSPS) is 14.1. The predicted octanol–water partition coefficient (Wildman–Crippen LogP) is 1.75. The molecule has 4 heterocycles. The fraction of sp³-hybridized carbons (Fsp3) is 0.321. The molecule has 43 heavy (non-hydrogen) atoms. The molecular weight excluding hydrogens is 559 g/mol. The van der Waals surface area contributed by atoms with E-state index in [4.69, 9.17) is 16.4 Å². The maximum Gasteiger partial charge on any atom is 0.356 e. The maximum absolute atomic E-state index is 15.0. The Morgan fingerprint density at radius 3 is 2.51 bits per heavy atom. The second-order valence-electron chi connectivity index (χ2n) is 9.23. The van der Waals surface area contributed by atoms with Crippen LogP contribution in [-0.4, -0.2) is 86.7 Å². The monoisotopic (exact) mass is 594 g/mol. The van der Waals surface area contributed by atoms with Gasteiger partial charge in [-0.25, -0.2) is 25.4 Å². The highest BCUT2D eigenvalue weighted by Gasteiger charge is 2.33. The smallest absolute Gasteiger partial charge is 0.356 e. The number of carbonyl (C=O) groups excluding carboxylic acids is 3. The van der Waals surface area contributed by atoms with Gasteiger partial charge in [0.25, 0.3) is 11.7 Å². The minimum absolute atomic E-state index is 0.0897. The Labute approximate surface area is 247 Å². The fourth-order valence-corrected chi connectivity index (χ4v) is 4.77. The zero-order valence-electron chi connectivity index (χ0n) is 24.1. The van der Waals surface area contributed by atoms with E-state index in [1.165, 1.54) is 22.2 Å². The minimum atomic E-state index is -0.867. The molecule has 5 rings (SSSR count). The van der Waals surface area contributed by atoms with Crippen LogP contribution in [0.5, 0.6) is 0 Å². The van der Waals surface area contributed by atoms with Gasteiger partial charge in [0.05, 0.1) is 35.0 Å². The maximum atomic E-state index is 15.0. The topological polar surface area (TPSA) is 192 Å². The second-order valence-corrected chi connectivity index (χ2v) is 9.23. The molecule has 0 aliphatic carbocycles. The first-order chi connectivity index (χ1) is 20.8. The number of amides is 1. The van der Waals surface area contributed by atoms with Gasteiger partial charge in [-0.3, -0.25) is 30.4 Å². The van der Waals surface area contributed by atoms with Crippen LogP contribution in [0.2, 0.25) is 0 Å². The van der Waals surface area contributed by atoms with Crippen molar-refractivity contribution in [3.8, 4) is 11.4 Å². The number of nitrogens with zero attached hydrogens (tertiary/aromatic N) is 5. The van der Waals surface area contributed by atoms with Gasteiger partial charge in [-0.05, 0) is 19.1 Å². The van der Waals surface area contributed by atoms with Gasteiger partial charge < -0.3 is 14.6 Å². The number of Topliss-reactive ketones (excluding diaryl/α,β-unsaturated/α-hetero) is 1. The number of hydrazine groups is 2. The lowest BCUT2D eigenvalue weighted by Crippen LogP contribution is -2.65. The van der Waals surface area contributed by atoms with Crippen LogP contribution in [0.3, 0.4) is 0 Å². The first-order valence-corrected chi connectivity index (χ1v) is 13.8. The highest BCUT2D eigenvalue weighted by molar-refractivity contribution is 6.45. The molecule has 1 atom stereocenters. The number of piperazine rings is 1. The van der Waals surface area contributed by atoms with Crippen molar-refractivity contribution in [3.05, 3.63) is 65.9 Å². The van der Waals surface area contributed by atoms with Crippen LogP contribution in [0, 0.1) is 5.82 Å². The number of para-hydroxylation sites is 1. The zero-order valence-corrected chi connectivity index (χ0v) is 24.1. The molecule has 1 aliphatic rings. The molecule has 1 fully saturated rings.